The van der Waals surface area contributed by atoms with Gasteiger partial charge < -0.3 is 10.4 Å². The van der Waals surface area contributed by atoms with Crippen molar-refractivity contribution < 1.29 is 14.7 Å². The lowest BCUT2D eigenvalue weighted by Crippen LogP contribution is -2.29. The number of nitrogens with one attached hydrogen (secondary N) is 1. The molecular formula is C21H19N3O3. The second-order valence-electron chi connectivity index (χ2n) is 6.76. The third-order valence-corrected chi connectivity index (χ3v) is 4.96. The molecule has 0 aliphatic heterocycles. The number of fused-ring (bicyclic) bond motifs is 1. The van der Waals surface area contributed by atoms with Crippen LogP contribution in [0.25, 0.3) is 5.69 Å². The zero-order valence-corrected chi connectivity index (χ0v) is 14.8. The average Bonchev–Trinajstić information content (AvgIpc) is 3.26. The van der Waals surface area contributed by atoms with Crippen LogP contribution in [0.15, 0.2) is 60.7 Å². The Morgan fingerprint density at radius 3 is 2.44 bits per heavy atom. The minimum absolute atomic E-state index is 0.101. The summed E-state index contributed by atoms with van der Waals surface area (Å²) in [6.45, 7) is 2.14. The Bertz CT molecular complexity index is 1010. The van der Waals surface area contributed by atoms with E-state index in [2.05, 4.69) is 23.4 Å². The highest BCUT2D eigenvalue weighted by atomic mass is 16.4. The molecule has 0 bridgehead atoms. The van der Waals surface area contributed by atoms with Gasteiger partial charge in [-0.15, -0.1) is 0 Å². The Labute approximate surface area is 156 Å². The number of rotatable bonds is 4. The maximum absolute atomic E-state index is 13.0. The standard InChI is InChI=1S/C21H19N3O3/c1-13-11-17(16-10-6-5-9-15(13)16)22-20(25)19-12-18(21(26)27)23-24(19)14-7-3-2-4-8-14/h2-10,12-13,17H,11H2,1H3,(H,22,25)(H,26,27). The average molecular weight is 361 g/mol. The smallest absolute Gasteiger partial charge is 0.356 e. The molecule has 0 saturated carbocycles. The molecule has 136 valence electrons. The topological polar surface area (TPSA) is 84.2 Å². The van der Waals surface area contributed by atoms with Gasteiger partial charge in [-0.05, 0) is 35.6 Å². The number of aromatic nitrogens is 2. The molecule has 0 spiro atoms. The number of para-hydroxylation sites is 1. The first-order valence-electron chi connectivity index (χ1n) is 8.83. The van der Waals surface area contributed by atoms with Crippen LogP contribution < -0.4 is 5.32 Å². The van der Waals surface area contributed by atoms with E-state index < -0.39 is 5.97 Å². The fourth-order valence-electron chi connectivity index (χ4n) is 3.67. The van der Waals surface area contributed by atoms with Gasteiger partial charge in [0.25, 0.3) is 5.91 Å². The summed E-state index contributed by atoms with van der Waals surface area (Å²) >= 11 is 0. The highest BCUT2D eigenvalue weighted by Gasteiger charge is 2.30. The normalized spacial score (nSPS) is 18.1. The van der Waals surface area contributed by atoms with E-state index in [9.17, 15) is 14.7 Å². The first-order valence-corrected chi connectivity index (χ1v) is 8.83. The molecule has 2 atom stereocenters. The second kappa shape index (κ2) is 6.72. The quantitative estimate of drug-likeness (QED) is 0.744. The second-order valence-corrected chi connectivity index (χ2v) is 6.76. The number of carbonyl (C=O) groups is 2. The molecule has 0 saturated heterocycles. The number of carboxylic acid groups (broad SMARTS) is 1. The number of aromatic carboxylic acids is 1. The van der Waals surface area contributed by atoms with E-state index in [4.69, 9.17) is 0 Å². The minimum Gasteiger partial charge on any atom is -0.476 e. The highest BCUT2D eigenvalue weighted by molar-refractivity contribution is 5.96. The number of carboxylic acids is 1. The van der Waals surface area contributed by atoms with Crippen LogP contribution in [0.1, 0.15) is 57.4 Å². The Hall–Kier alpha value is -3.41. The summed E-state index contributed by atoms with van der Waals surface area (Å²) in [5.74, 6) is -1.15. The van der Waals surface area contributed by atoms with Crippen molar-refractivity contribution in [2.75, 3.05) is 0 Å². The van der Waals surface area contributed by atoms with E-state index in [1.54, 1.807) is 12.1 Å². The van der Waals surface area contributed by atoms with E-state index in [1.165, 1.54) is 16.3 Å². The summed E-state index contributed by atoms with van der Waals surface area (Å²) in [5, 5.41) is 16.4. The van der Waals surface area contributed by atoms with Crippen LogP contribution in [0.3, 0.4) is 0 Å². The summed E-state index contributed by atoms with van der Waals surface area (Å²) in [5.41, 5.74) is 3.03. The van der Waals surface area contributed by atoms with Crippen LogP contribution >= 0.6 is 0 Å². The predicted molar refractivity (Wildman–Crippen MR) is 100 cm³/mol. The van der Waals surface area contributed by atoms with E-state index in [-0.39, 0.29) is 23.3 Å². The van der Waals surface area contributed by atoms with Gasteiger partial charge in [-0.25, -0.2) is 9.48 Å². The number of benzene rings is 2. The van der Waals surface area contributed by atoms with Crippen LogP contribution in [-0.2, 0) is 0 Å². The largest absolute Gasteiger partial charge is 0.476 e. The lowest BCUT2D eigenvalue weighted by Gasteiger charge is -2.15. The van der Waals surface area contributed by atoms with Crippen LogP contribution in [-0.4, -0.2) is 26.8 Å². The molecule has 3 aromatic rings. The van der Waals surface area contributed by atoms with Gasteiger partial charge in [0, 0.05) is 6.07 Å². The number of carbonyl (C=O) groups excluding carboxylic acids is 1. The fourth-order valence-corrected chi connectivity index (χ4v) is 3.67. The zero-order chi connectivity index (χ0) is 19.0. The molecule has 6 nitrogen and oxygen atoms in total. The maximum Gasteiger partial charge on any atom is 0.356 e. The fraction of sp³-hybridized carbons (Fsp3) is 0.190. The lowest BCUT2D eigenvalue weighted by atomic mass is 10.0. The van der Waals surface area contributed by atoms with Crippen LogP contribution in [0.5, 0.6) is 0 Å². The molecule has 6 heteroatoms. The zero-order valence-electron chi connectivity index (χ0n) is 14.8. The Kier molecular flexibility index (Phi) is 4.24. The first-order chi connectivity index (χ1) is 13.0. The van der Waals surface area contributed by atoms with Crippen LogP contribution in [0.4, 0.5) is 0 Å². The van der Waals surface area contributed by atoms with E-state index in [0.717, 1.165) is 12.0 Å². The molecule has 0 radical (unpaired) electrons. The summed E-state index contributed by atoms with van der Waals surface area (Å²) < 4.78 is 1.38. The molecule has 27 heavy (non-hydrogen) atoms. The molecule has 1 aliphatic carbocycles. The molecule has 2 aromatic carbocycles. The van der Waals surface area contributed by atoms with Crippen molar-refractivity contribution >= 4 is 11.9 Å². The lowest BCUT2D eigenvalue weighted by molar-refractivity contribution is 0.0689. The van der Waals surface area contributed by atoms with Crippen molar-refractivity contribution in [1.82, 2.24) is 15.1 Å². The van der Waals surface area contributed by atoms with E-state index in [0.29, 0.717) is 11.6 Å². The highest BCUT2D eigenvalue weighted by Crippen LogP contribution is 2.39. The van der Waals surface area contributed by atoms with Crippen molar-refractivity contribution in [1.29, 1.82) is 0 Å². The van der Waals surface area contributed by atoms with Crippen molar-refractivity contribution in [3.63, 3.8) is 0 Å². The van der Waals surface area contributed by atoms with Gasteiger partial charge in [0.1, 0.15) is 5.69 Å². The first kappa shape index (κ1) is 17.0. The minimum atomic E-state index is -1.17. The molecule has 1 aliphatic rings. The van der Waals surface area contributed by atoms with Gasteiger partial charge in [0.2, 0.25) is 0 Å². The van der Waals surface area contributed by atoms with Crippen molar-refractivity contribution in [3.8, 4) is 5.69 Å². The third kappa shape index (κ3) is 3.10. The Balaban J connectivity index is 1.67. The van der Waals surface area contributed by atoms with Crippen molar-refractivity contribution in [2.24, 2.45) is 0 Å². The van der Waals surface area contributed by atoms with E-state index >= 15 is 0 Å². The number of nitrogens with zero attached hydrogens (tertiary/aromatic N) is 2. The summed E-state index contributed by atoms with van der Waals surface area (Å²) in [4.78, 5) is 24.3. The molecule has 4 rings (SSSR count). The summed E-state index contributed by atoms with van der Waals surface area (Å²) in [6.07, 6.45) is 0.816. The van der Waals surface area contributed by atoms with Crippen LogP contribution in [0, 0.1) is 0 Å². The predicted octanol–water partition coefficient (Wildman–Crippen LogP) is 3.55. The molecule has 1 heterocycles. The monoisotopic (exact) mass is 361 g/mol. The third-order valence-electron chi connectivity index (χ3n) is 4.96. The van der Waals surface area contributed by atoms with Crippen molar-refractivity contribution in [3.05, 3.63) is 83.2 Å². The van der Waals surface area contributed by atoms with Crippen LogP contribution in [0.2, 0.25) is 0 Å². The van der Waals surface area contributed by atoms with Gasteiger partial charge in [0.15, 0.2) is 5.69 Å². The molecule has 2 N–H and O–H groups in total. The number of hydrogen-bond donors (Lipinski definition) is 2. The van der Waals surface area contributed by atoms with Gasteiger partial charge in [-0.3, -0.25) is 4.79 Å². The summed E-state index contributed by atoms with van der Waals surface area (Å²) in [7, 11) is 0. The molecule has 1 aromatic heterocycles. The van der Waals surface area contributed by atoms with Gasteiger partial charge >= 0.3 is 5.97 Å². The van der Waals surface area contributed by atoms with E-state index in [1.807, 2.05) is 36.4 Å². The van der Waals surface area contributed by atoms with Crippen molar-refractivity contribution in [2.45, 2.75) is 25.3 Å². The SMILES string of the molecule is CC1CC(NC(=O)c2cc(C(=O)O)nn2-c2ccccc2)c2ccccc21. The van der Waals surface area contributed by atoms with Gasteiger partial charge in [0.05, 0.1) is 11.7 Å². The summed E-state index contributed by atoms with van der Waals surface area (Å²) in [6, 6.07) is 18.3. The maximum atomic E-state index is 13.0. The molecule has 0 fully saturated rings. The van der Waals surface area contributed by atoms with Gasteiger partial charge in [-0.2, -0.15) is 5.10 Å². The molecule has 2 unspecified atom stereocenters. The molecular weight excluding hydrogens is 342 g/mol. The Morgan fingerprint density at radius 2 is 1.74 bits per heavy atom. The molecule has 1 amide bonds. The Morgan fingerprint density at radius 1 is 1.07 bits per heavy atom. The van der Waals surface area contributed by atoms with Gasteiger partial charge in [-0.1, -0.05) is 49.4 Å². The number of amides is 1. The number of hydrogen-bond acceptors (Lipinski definition) is 3.